The molecule has 0 radical (unpaired) electrons. The van der Waals surface area contributed by atoms with E-state index in [0.717, 1.165) is 22.8 Å². The second kappa shape index (κ2) is 12.3. The minimum atomic E-state index is 1.05. The molecule has 3 rings (SSSR count). The van der Waals surface area contributed by atoms with Crippen LogP contribution in [0.15, 0.2) is 46.4 Å². The standard InChI is InChI=1S/C25H29N3.Fe.2HI/c1-16-10-18(3)24(19(4)11-16)26-14-22-8-9-23(28(22)7)15-27-25-20(5)12-17(2)13-21(25)6;;;/h8-15H,1-7H3;;2*1H/q;+2;;/p-2. The van der Waals surface area contributed by atoms with Crippen molar-refractivity contribution in [1.82, 2.24) is 4.57 Å². The van der Waals surface area contributed by atoms with Gasteiger partial charge in [-0.3, -0.25) is 9.98 Å². The van der Waals surface area contributed by atoms with E-state index in [0.29, 0.717) is 0 Å². The summed E-state index contributed by atoms with van der Waals surface area (Å²) in [6.45, 7) is 12.7. The molecule has 0 saturated carbocycles. The van der Waals surface area contributed by atoms with Crippen LogP contribution in [0.5, 0.6) is 0 Å². The molecule has 0 bridgehead atoms. The first-order valence-corrected chi connectivity index (χ1v) is 17.0. The van der Waals surface area contributed by atoms with Crippen molar-refractivity contribution >= 4 is 64.5 Å². The average Bonchev–Trinajstić information content (AvgIpc) is 3.00. The predicted molar refractivity (Wildman–Crippen MR) is 149 cm³/mol. The van der Waals surface area contributed by atoms with Gasteiger partial charge in [0.2, 0.25) is 0 Å². The Morgan fingerprint density at radius 1 is 0.677 bits per heavy atom. The number of benzene rings is 2. The van der Waals surface area contributed by atoms with Gasteiger partial charge in [0.25, 0.3) is 0 Å². The van der Waals surface area contributed by atoms with E-state index in [1.54, 1.807) is 0 Å². The Hall–Kier alpha value is -0.961. The van der Waals surface area contributed by atoms with Crippen molar-refractivity contribution in [1.29, 1.82) is 0 Å². The van der Waals surface area contributed by atoms with Crippen LogP contribution in [-0.4, -0.2) is 17.0 Å². The topological polar surface area (TPSA) is 29.6 Å². The van der Waals surface area contributed by atoms with Crippen LogP contribution in [0.1, 0.15) is 44.8 Å². The summed E-state index contributed by atoms with van der Waals surface area (Å²) in [6, 6.07) is 12.9. The van der Waals surface area contributed by atoms with Crippen LogP contribution in [0.2, 0.25) is 0 Å². The zero-order valence-corrected chi connectivity index (χ0v) is 24.5. The molecule has 0 fully saturated rings. The zero-order chi connectivity index (χ0) is 23.1. The van der Waals surface area contributed by atoms with E-state index < -0.39 is 0 Å². The van der Waals surface area contributed by atoms with E-state index in [9.17, 15) is 0 Å². The molecule has 0 N–H and O–H groups in total. The molecule has 31 heavy (non-hydrogen) atoms. The van der Waals surface area contributed by atoms with Gasteiger partial charge in [-0.15, -0.1) is 0 Å². The third-order valence-electron chi connectivity index (χ3n) is 5.12. The van der Waals surface area contributed by atoms with Crippen LogP contribution in [0.25, 0.3) is 0 Å². The van der Waals surface area contributed by atoms with Crippen molar-refractivity contribution in [3.63, 3.8) is 0 Å². The van der Waals surface area contributed by atoms with Crippen molar-refractivity contribution in [3.8, 4) is 0 Å². The number of rotatable bonds is 4. The van der Waals surface area contributed by atoms with Crippen LogP contribution in [0.4, 0.5) is 11.4 Å². The SMILES string of the molecule is Cc1cc(C)c(N=Cc2ccc(C=Nc3c(C)cc(C)cc3C)n2C)c(C)c1.[I][Fe][I]. The van der Waals surface area contributed by atoms with E-state index in [1.807, 2.05) is 19.5 Å². The van der Waals surface area contributed by atoms with Crippen molar-refractivity contribution < 1.29 is 8.46 Å². The molecule has 3 nitrogen and oxygen atoms in total. The summed E-state index contributed by atoms with van der Waals surface area (Å²) in [7, 11) is 3.24. The summed E-state index contributed by atoms with van der Waals surface area (Å²) in [5.41, 5.74) is 11.6. The number of hydrogen-bond donors (Lipinski definition) is 0. The van der Waals surface area contributed by atoms with E-state index >= 15 is 0 Å². The minimum absolute atomic E-state index is 1.05. The van der Waals surface area contributed by atoms with Gasteiger partial charge < -0.3 is 4.57 Å². The molecule has 0 spiro atoms. The van der Waals surface area contributed by atoms with Gasteiger partial charge in [-0.2, -0.15) is 0 Å². The van der Waals surface area contributed by atoms with Crippen LogP contribution >= 0.6 is 40.7 Å². The summed E-state index contributed by atoms with van der Waals surface area (Å²) in [6.07, 6.45) is 3.87. The number of aliphatic imine (C=N–C) groups is 2. The monoisotopic (exact) mass is 681 g/mol. The molecule has 0 unspecified atom stereocenters. The first-order valence-electron chi connectivity index (χ1n) is 9.92. The average molecular weight is 681 g/mol. The number of aryl methyl sites for hydroxylation is 6. The normalized spacial score (nSPS) is 11.4. The van der Waals surface area contributed by atoms with Crippen molar-refractivity contribution in [2.45, 2.75) is 41.5 Å². The van der Waals surface area contributed by atoms with Crippen molar-refractivity contribution in [2.24, 2.45) is 17.0 Å². The van der Waals surface area contributed by atoms with Crippen LogP contribution in [0, 0.1) is 41.5 Å². The Morgan fingerprint density at radius 3 is 1.26 bits per heavy atom. The maximum atomic E-state index is 4.76. The molecular formula is C25H29FeI2N3. The Balaban J connectivity index is 0.00000107. The van der Waals surface area contributed by atoms with E-state index in [1.165, 1.54) is 41.8 Å². The summed E-state index contributed by atoms with van der Waals surface area (Å²) in [5.74, 6) is 0. The fraction of sp³-hybridized carbons (Fsp3) is 0.280. The molecule has 1 aromatic heterocycles. The summed E-state index contributed by atoms with van der Waals surface area (Å²) in [5, 5.41) is 0. The third kappa shape index (κ3) is 7.27. The number of nitrogens with zero attached hydrogens (tertiary/aromatic N) is 3. The molecule has 6 heteroatoms. The molecule has 0 saturated heterocycles. The summed E-state index contributed by atoms with van der Waals surface area (Å²) in [4.78, 5) is 9.51. The summed E-state index contributed by atoms with van der Waals surface area (Å²) >= 11 is 4.55. The van der Waals surface area contributed by atoms with Crippen LogP contribution in [-0.2, 0) is 15.5 Å². The van der Waals surface area contributed by atoms with Gasteiger partial charge in [-0.05, 0) is 75.9 Å². The molecule has 0 aliphatic carbocycles. The molecular weight excluding hydrogens is 652 g/mol. The van der Waals surface area contributed by atoms with Crippen LogP contribution in [0.3, 0.4) is 0 Å². The number of aromatic nitrogens is 1. The molecule has 3 aromatic rings. The molecule has 2 aromatic carbocycles. The van der Waals surface area contributed by atoms with Crippen molar-refractivity contribution in [2.75, 3.05) is 0 Å². The van der Waals surface area contributed by atoms with Gasteiger partial charge in [0.1, 0.15) is 0 Å². The van der Waals surface area contributed by atoms with E-state index in [2.05, 4.69) is 123 Å². The molecule has 166 valence electrons. The van der Waals surface area contributed by atoms with Crippen molar-refractivity contribution in [3.05, 3.63) is 81.2 Å². The van der Waals surface area contributed by atoms with Gasteiger partial charge in [0, 0.05) is 7.05 Å². The Labute approximate surface area is 215 Å². The molecule has 0 aliphatic rings. The number of hydrogen-bond acceptors (Lipinski definition) is 2. The van der Waals surface area contributed by atoms with Gasteiger partial charge in [0.05, 0.1) is 35.2 Å². The predicted octanol–water partition coefficient (Wildman–Crippen LogP) is 8.15. The molecule has 0 amide bonds. The Bertz CT molecular complexity index is 983. The Morgan fingerprint density at radius 2 is 0.968 bits per heavy atom. The summed E-state index contributed by atoms with van der Waals surface area (Å²) < 4.78 is 2.12. The van der Waals surface area contributed by atoms with Crippen LogP contribution < -0.4 is 0 Å². The second-order valence-corrected chi connectivity index (χ2v) is 17.1. The van der Waals surface area contributed by atoms with E-state index in [4.69, 9.17) is 9.98 Å². The number of halogens is 2. The first-order chi connectivity index (χ1) is 14.7. The molecule has 1 heterocycles. The third-order valence-corrected chi connectivity index (χ3v) is 5.12. The maximum absolute atomic E-state index is 4.76. The van der Waals surface area contributed by atoms with Gasteiger partial charge in [-0.25, -0.2) is 0 Å². The van der Waals surface area contributed by atoms with Gasteiger partial charge in [0.15, 0.2) is 0 Å². The second-order valence-electron chi connectivity index (χ2n) is 7.80. The van der Waals surface area contributed by atoms with Gasteiger partial charge in [-0.1, -0.05) is 35.4 Å². The zero-order valence-electron chi connectivity index (χ0n) is 19.1. The molecule has 0 atom stereocenters. The quantitative estimate of drug-likeness (QED) is 0.151. The Kier molecular flexibility index (Phi) is 10.5. The van der Waals surface area contributed by atoms with E-state index in [-0.39, 0.29) is 0 Å². The fourth-order valence-corrected chi connectivity index (χ4v) is 3.82. The van der Waals surface area contributed by atoms with Gasteiger partial charge >= 0.3 is 49.1 Å². The fourth-order valence-electron chi connectivity index (χ4n) is 3.82. The molecule has 0 aliphatic heterocycles. The first kappa shape index (κ1) is 26.3.